The van der Waals surface area contributed by atoms with Crippen LogP contribution in [0.15, 0.2) is 42.7 Å². The number of aliphatic hydroxyl groups excluding tert-OH is 1. The van der Waals surface area contributed by atoms with Gasteiger partial charge in [-0.1, -0.05) is 30.3 Å². The minimum Gasteiger partial charge on any atom is -0.388 e. The summed E-state index contributed by atoms with van der Waals surface area (Å²) in [7, 11) is 0. The van der Waals surface area contributed by atoms with Crippen LogP contribution in [0.1, 0.15) is 37.0 Å². The van der Waals surface area contributed by atoms with Gasteiger partial charge in [0.1, 0.15) is 0 Å². The normalized spacial score (nSPS) is 18.5. The van der Waals surface area contributed by atoms with E-state index in [4.69, 9.17) is 0 Å². The largest absolute Gasteiger partial charge is 0.388 e. The fourth-order valence-corrected chi connectivity index (χ4v) is 3.27. The quantitative estimate of drug-likeness (QED) is 0.923. The van der Waals surface area contributed by atoms with Gasteiger partial charge in [0.2, 0.25) is 0 Å². The summed E-state index contributed by atoms with van der Waals surface area (Å²) in [5, 5.41) is 14.9. The van der Waals surface area contributed by atoms with E-state index >= 15 is 0 Å². The van der Waals surface area contributed by atoms with Gasteiger partial charge in [-0.25, -0.2) is 0 Å². The van der Waals surface area contributed by atoms with E-state index in [1.165, 1.54) is 5.56 Å². The Morgan fingerprint density at radius 2 is 1.95 bits per heavy atom. The lowest BCUT2D eigenvalue weighted by molar-refractivity contribution is 0.0567. The zero-order valence-corrected chi connectivity index (χ0v) is 13.2. The number of hydrogen-bond donors (Lipinski definition) is 1. The summed E-state index contributed by atoms with van der Waals surface area (Å²) in [6.07, 6.45) is 5.88. The molecule has 118 valence electrons. The predicted octanol–water partition coefficient (Wildman–Crippen LogP) is 2.85. The molecule has 2 heterocycles. The standard InChI is InChI=1S/C18H25N3O/c1-2-21-14-15(12-19-21)13-20-10-8-17(9-11-20)18(22)16-6-4-3-5-7-16/h3-7,12,14,17-18,22H,2,8-11,13H2,1H3. The number of benzene rings is 1. The van der Waals surface area contributed by atoms with Crippen molar-refractivity contribution in [1.29, 1.82) is 0 Å². The molecule has 1 unspecified atom stereocenters. The third kappa shape index (κ3) is 3.57. The Kier molecular flexibility index (Phi) is 4.90. The van der Waals surface area contributed by atoms with Crippen molar-refractivity contribution in [2.24, 2.45) is 5.92 Å². The number of hydrogen-bond acceptors (Lipinski definition) is 3. The number of aliphatic hydroxyl groups is 1. The van der Waals surface area contributed by atoms with Crippen LogP contribution in [0.5, 0.6) is 0 Å². The minimum absolute atomic E-state index is 0.328. The summed E-state index contributed by atoms with van der Waals surface area (Å²) in [5.74, 6) is 0.372. The molecule has 0 spiro atoms. The van der Waals surface area contributed by atoms with Crippen molar-refractivity contribution < 1.29 is 5.11 Å². The molecule has 1 aromatic carbocycles. The topological polar surface area (TPSA) is 41.3 Å². The molecule has 0 aliphatic carbocycles. The first kappa shape index (κ1) is 15.3. The summed E-state index contributed by atoms with van der Waals surface area (Å²) < 4.78 is 1.97. The lowest BCUT2D eigenvalue weighted by Gasteiger charge is -2.34. The molecule has 1 aliphatic rings. The van der Waals surface area contributed by atoms with Gasteiger partial charge in [-0.15, -0.1) is 0 Å². The van der Waals surface area contributed by atoms with Gasteiger partial charge >= 0.3 is 0 Å². The van der Waals surface area contributed by atoms with E-state index in [1.807, 2.05) is 41.2 Å². The number of aryl methyl sites for hydroxylation is 1. The van der Waals surface area contributed by atoms with Crippen LogP contribution < -0.4 is 0 Å². The van der Waals surface area contributed by atoms with Crippen LogP contribution in [-0.4, -0.2) is 32.9 Å². The van der Waals surface area contributed by atoms with Gasteiger partial charge in [0.25, 0.3) is 0 Å². The molecular weight excluding hydrogens is 274 g/mol. The Balaban J connectivity index is 1.52. The highest BCUT2D eigenvalue weighted by Crippen LogP contribution is 2.30. The summed E-state index contributed by atoms with van der Waals surface area (Å²) in [4.78, 5) is 2.46. The first-order valence-electron chi connectivity index (χ1n) is 8.23. The fraction of sp³-hybridized carbons (Fsp3) is 0.500. The lowest BCUT2D eigenvalue weighted by atomic mass is 9.87. The molecule has 2 aromatic rings. The highest BCUT2D eigenvalue weighted by Gasteiger charge is 2.26. The van der Waals surface area contributed by atoms with E-state index in [0.717, 1.165) is 44.6 Å². The Bertz CT molecular complexity index is 573. The van der Waals surface area contributed by atoms with Crippen molar-refractivity contribution in [3.63, 3.8) is 0 Å². The van der Waals surface area contributed by atoms with Gasteiger partial charge in [-0.3, -0.25) is 9.58 Å². The summed E-state index contributed by atoms with van der Waals surface area (Å²) in [5.41, 5.74) is 2.33. The van der Waals surface area contributed by atoms with Gasteiger partial charge in [0.05, 0.1) is 12.3 Å². The second-order valence-corrected chi connectivity index (χ2v) is 6.17. The van der Waals surface area contributed by atoms with E-state index in [0.29, 0.717) is 5.92 Å². The van der Waals surface area contributed by atoms with Crippen molar-refractivity contribution in [3.8, 4) is 0 Å². The van der Waals surface area contributed by atoms with Crippen molar-refractivity contribution in [2.75, 3.05) is 13.1 Å². The number of likely N-dealkylation sites (tertiary alicyclic amines) is 1. The van der Waals surface area contributed by atoms with Crippen molar-refractivity contribution in [1.82, 2.24) is 14.7 Å². The Morgan fingerprint density at radius 1 is 1.23 bits per heavy atom. The average Bonchev–Trinajstić information content (AvgIpc) is 3.03. The summed E-state index contributed by atoms with van der Waals surface area (Å²) in [6, 6.07) is 10.0. The van der Waals surface area contributed by atoms with Crippen molar-refractivity contribution in [3.05, 3.63) is 53.9 Å². The maximum absolute atomic E-state index is 10.5. The highest BCUT2D eigenvalue weighted by atomic mass is 16.3. The highest BCUT2D eigenvalue weighted by molar-refractivity contribution is 5.18. The predicted molar refractivity (Wildman–Crippen MR) is 87.3 cm³/mol. The zero-order chi connectivity index (χ0) is 15.4. The maximum atomic E-state index is 10.5. The molecule has 1 saturated heterocycles. The third-order valence-corrected chi connectivity index (χ3v) is 4.64. The average molecular weight is 299 g/mol. The SMILES string of the molecule is CCn1cc(CN2CCC(C(O)c3ccccc3)CC2)cn1. The van der Waals surface area contributed by atoms with Crippen molar-refractivity contribution >= 4 is 0 Å². The van der Waals surface area contributed by atoms with Gasteiger partial charge in [-0.2, -0.15) is 5.10 Å². The van der Waals surface area contributed by atoms with E-state index in [-0.39, 0.29) is 6.10 Å². The van der Waals surface area contributed by atoms with E-state index < -0.39 is 0 Å². The van der Waals surface area contributed by atoms with Gasteiger partial charge in [-0.05, 0) is 44.3 Å². The van der Waals surface area contributed by atoms with Crippen LogP contribution in [0, 0.1) is 5.92 Å². The van der Waals surface area contributed by atoms with Crippen LogP contribution in [0.3, 0.4) is 0 Å². The zero-order valence-electron chi connectivity index (χ0n) is 13.2. The first-order chi connectivity index (χ1) is 10.8. The molecule has 0 radical (unpaired) electrons. The Labute approximate surface area is 132 Å². The molecule has 4 heteroatoms. The Hall–Kier alpha value is -1.65. The molecule has 0 bridgehead atoms. The lowest BCUT2D eigenvalue weighted by Crippen LogP contribution is -2.35. The molecule has 1 aromatic heterocycles. The molecule has 0 amide bonds. The van der Waals surface area contributed by atoms with Crippen LogP contribution >= 0.6 is 0 Å². The van der Waals surface area contributed by atoms with E-state index in [9.17, 15) is 5.11 Å². The smallest absolute Gasteiger partial charge is 0.0819 e. The number of piperidine rings is 1. The molecule has 1 aliphatic heterocycles. The van der Waals surface area contributed by atoms with Gasteiger partial charge in [0.15, 0.2) is 0 Å². The number of aromatic nitrogens is 2. The van der Waals surface area contributed by atoms with Gasteiger partial charge < -0.3 is 5.11 Å². The second-order valence-electron chi connectivity index (χ2n) is 6.17. The maximum Gasteiger partial charge on any atom is 0.0819 e. The van der Waals surface area contributed by atoms with Crippen LogP contribution in [0.25, 0.3) is 0 Å². The van der Waals surface area contributed by atoms with Crippen LogP contribution in [-0.2, 0) is 13.1 Å². The van der Waals surface area contributed by atoms with E-state index in [1.54, 1.807) is 0 Å². The molecule has 4 nitrogen and oxygen atoms in total. The molecule has 1 N–H and O–H groups in total. The molecule has 3 rings (SSSR count). The molecule has 22 heavy (non-hydrogen) atoms. The summed E-state index contributed by atoms with van der Waals surface area (Å²) >= 11 is 0. The summed E-state index contributed by atoms with van der Waals surface area (Å²) in [6.45, 7) is 6.09. The Morgan fingerprint density at radius 3 is 2.59 bits per heavy atom. The number of nitrogens with zero attached hydrogens (tertiary/aromatic N) is 3. The molecule has 1 fully saturated rings. The number of rotatable bonds is 5. The minimum atomic E-state index is -0.328. The van der Waals surface area contributed by atoms with Crippen molar-refractivity contribution in [2.45, 2.75) is 39.0 Å². The second kappa shape index (κ2) is 7.07. The first-order valence-corrected chi connectivity index (χ1v) is 8.23. The molecule has 0 saturated carbocycles. The van der Waals surface area contributed by atoms with Crippen LogP contribution in [0.2, 0.25) is 0 Å². The molecule has 1 atom stereocenters. The van der Waals surface area contributed by atoms with Gasteiger partial charge in [0, 0.05) is 24.8 Å². The third-order valence-electron chi connectivity index (χ3n) is 4.64. The monoisotopic (exact) mass is 299 g/mol. The van der Waals surface area contributed by atoms with Crippen LogP contribution in [0.4, 0.5) is 0 Å². The van der Waals surface area contributed by atoms with E-state index in [2.05, 4.69) is 23.1 Å². The molecular formula is C18H25N3O. The fourth-order valence-electron chi connectivity index (χ4n) is 3.27.